The molecular formula is C21H31FN4O4. The monoisotopic (exact) mass is 422 g/mol. The van der Waals surface area contributed by atoms with E-state index in [2.05, 4.69) is 10.6 Å². The van der Waals surface area contributed by atoms with E-state index >= 15 is 0 Å². The van der Waals surface area contributed by atoms with E-state index in [1.165, 1.54) is 12.1 Å². The molecule has 3 rings (SSSR count). The minimum Gasteiger partial charge on any atom is -0.444 e. The van der Waals surface area contributed by atoms with Gasteiger partial charge in [-0.3, -0.25) is 4.79 Å². The number of hydrogen-bond acceptors (Lipinski definition) is 6. The molecule has 1 heterocycles. The fraction of sp³-hybridized carbons (Fsp3) is 0.619. The number of rotatable bonds is 5. The molecule has 1 aliphatic heterocycles. The van der Waals surface area contributed by atoms with Crippen LogP contribution in [0.2, 0.25) is 0 Å². The number of piperidine rings is 1. The molecule has 1 aromatic carbocycles. The number of anilines is 2. The zero-order valence-corrected chi connectivity index (χ0v) is 18.0. The van der Waals surface area contributed by atoms with Crippen LogP contribution >= 0.6 is 0 Å². The zero-order valence-electron chi connectivity index (χ0n) is 18.0. The Bertz CT molecular complexity index is 784. The van der Waals surface area contributed by atoms with Gasteiger partial charge in [-0.2, -0.15) is 0 Å². The molecule has 1 saturated carbocycles. The van der Waals surface area contributed by atoms with Gasteiger partial charge in [0.25, 0.3) is 5.91 Å². The highest BCUT2D eigenvalue weighted by molar-refractivity contribution is 5.96. The normalized spacial score (nSPS) is 21.8. The fourth-order valence-electron chi connectivity index (χ4n) is 3.51. The van der Waals surface area contributed by atoms with E-state index in [1.54, 1.807) is 32.8 Å². The molecule has 0 spiro atoms. The highest BCUT2D eigenvalue weighted by atomic mass is 19.1. The summed E-state index contributed by atoms with van der Waals surface area (Å²) in [5.41, 5.74) is 5.99. The topological polar surface area (TPSA) is 106 Å². The number of hydrogen-bond donors (Lipinski definition) is 3. The minimum atomic E-state index is -0.637. The number of benzene rings is 1. The molecule has 30 heavy (non-hydrogen) atoms. The molecule has 2 atom stereocenters. The Balaban J connectivity index is 1.70. The Hall–Kier alpha value is -2.55. The zero-order chi connectivity index (χ0) is 22.1. The van der Waals surface area contributed by atoms with Gasteiger partial charge in [-0.05, 0) is 52.2 Å². The van der Waals surface area contributed by atoms with E-state index in [0.717, 1.165) is 12.8 Å². The van der Waals surface area contributed by atoms with Gasteiger partial charge in [0.2, 0.25) is 0 Å². The SMILES string of the molecule is COC1CCN(C(=O)c2cc(N)c(NC3CC3)c(F)c2)CC1NC(=O)OC(C)(C)C. The van der Waals surface area contributed by atoms with E-state index < -0.39 is 23.6 Å². The van der Waals surface area contributed by atoms with Gasteiger partial charge in [0.15, 0.2) is 0 Å². The number of likely N-dealkylation sites (tertiary alicyclic amines) is 1. The first-order valence-corrected chi connectivity index (χ1v) is 10.2. The molecule has 0 radical (unpaired) electrons. The second-order valence-corrected chi connectivity index (χ2v) is 8.91. The van der Waals surface area contributed by atoms with Crippen LogP contribution in [0.4, 0.5) is 20.6 Å². The Morgan fingerprint density at radius 2 is 1.93 bits per heavy atom. The predicted molar refractivity (Wildman–Crippen MR) is 112 cm³/mol. The van der Waals surface area contributed by atoms with Gasteiger partial charge in [-0.15, -0.1) is 0 Å². The van der Waals surface area contributed by atoms with Crippen molar-refractivity contribution in [3.63, 3.8) is 0 Å². The molecule has 166 valence electrons. The third-order valence-corrected chi connectivity index (χ3v) is 5.13. The summed E-state index contributed by atoms with van der Waals surface area (Å²) in [6, 6.07) is 2.51. The van der Waals surface area contributed by atoms with Crippen molar-refractivity contribution < 1.29 is 23.5 Å². The van der Waals surface area contributed by atoms with E-state index in [1.807, 2.05) is 0 Å². The second-order valence-electron chi connectivity index (χ2n) is 8.91. The van der Waals surface area contributed by atoms with Gasteiger partial charge >= 0.3 is 6.09 Å². The maximum absolute atomic E-state index is 14.5. The molecular weight excluding hydrogens is 391 g/mol. The lowest BCUT2D eigenvalue weighted by Crippen LogP contribution is -2.57. The van der Waals surface area contributed by atoms with Crippen molar-refractivity contribution in [2.24, 2.45) is 0 Å². The number of nitrogens with one attached hydrogen (secondary N) is 2. The van der Waals surface area contributed by atoms with Crippen molar-refractivity contribution in [2.75, 3.05) is 31.2 Å². The number of alkyl carbamates (subject to hydrolysis) is 1. The van der Waals surface area contributed by atoms with Crippen molar-refractivity contribution in [1.82, 2.24) is 10.2 Å². The van der Waals surface area contributed by atoms with Crippen LogP contribution in [0.1, 0.15) is 50.4 Å². The molecule has 1 saturated heterocycles. The summed E-state index contributed by atoms with van der Waals surface area (Å²) >= 11 is 0. The van der Waals surface area contributed by atoms with Crippen LogP contribution in [-0.2, 0) is 9.47 Å². The van der Waals surface area contributed by atoms with Gasteiger partial charge < -0.3 is 30.7 Å². The molecule has 0 aromatic heterocycles. The first-order valence-electron chi connectivity index (χ1n) is 10.2. The predicted octanol–water partition coefficient (Wildman–Crippen LogP) is 2.74. The summed E-state index contributed by atoms with van der Waals surface area (Å²) in [6.07, 6.45) is 1.67. The van der Waals surface area contributed by atoms with E-state index in [0.29, 0.717) is 13.0 Å². The Kier molecular flexibility index (Phi) is 6.40. The molecule has 1 aliphatic carbocycles. The number of halogens is 1. The average Bonchev–Trinajstić information content (AvgIpc) is 3.46. The smallest absolute Gasteiger partial charge is 0.408 e. The lowest BCUT2D eigenvalue weighted by Gasteiger charge is -2.38. The lowest BCUT2D eigenvalue weighted by molar-refractivity contribution is 0.00319. The summed E-state index contributed by atoms with van der Waals surface area (Å²) in [5.74, 6) is -0.885. The molecule has 2 unspecified atom stereocenters. The first kappa shape index (κ1) is 22.1. The van der Waals surface area contributed by atoms with Crippen LogP contribution in [0.3, 0.4) is 0 Å². The van der Waals surface area contributed by atoms with Crippen molar-refractivity contribution >= 4 is 23.4 Å². The third-order valence-electron chi connectivity index (χ3n) is 5.13. The maximum atomic E-state index is 14.5. The van der Waals surface area contributed by atoms with Crippen LogP contribution < -0.4 is 16.4 Å². The summed E-state index contributed by atoms with van der Waals surface area (Å²) < 4.78 is 25.3. The van der Waals surface area contributed by atoms with Crippen molar-refractivity contribution in [2.45, 2.75) is 63.8 Å². The van der Waals surface area contributed by atoms with Crippen molar-refractivity contribution in [3.05, 3.63) is 23.5 Å². The van der Waals surface area contributed by atoms with Crippen LogP contribution in [0.5, 0.6) is 0 Å². The van der Waals surface area contributed by atoms with Crippen molar-refractivity contribution in [1.29, 1.82) is 0 Å². The van der Waals surface area contributed by atoms with Gasteiger partial charge in [-0.25, -0.2) is 9.18 Å². The average molecular weight is 423 g/mol. The Morgan fingerprint density at radius 1 is 1.23 bits per heavy atom. The van der Waals surface area contributed by atoms with Gasteiger partial charge in [0, 0.05) is 31.8 Å². The molecule has 2 aliphatic rings. The van der Waals surface area contributed by atoms with Crippen molar-refractivity contribution in [3.8, 4) is 0 Å². The number of methoxy groups -OCH3 is 1. The van der Waals surface area contributed by atoms with Gasteiger partial charge in [0.05, 0.1) is 23.5 Å². The Labute approximate surface area is 176 Å². The second kappa shape index (κ2) is 8.67. The number of ether oxygens (including phenoxy) is 2. The number of amides is 2. The number of carbonyl (C=O) groups excluding carboxylic acids is 2. The summed E-state index contributed by atoms with van der Waals surface area (Å²) in [6.45, 7) is 5.97. The molecule has 0 bridgehead atoms. The van der Waals surface area contributed by atoms with Crippen LogP contribution in [-0.4, -0.2) is 60.9 Å². The highest BCUT2D eigenvalue weighted by Gasteiger charge is 2.34. The molecule has 2 amide bonds. The summed E-state index contributed by atoms with van der Waals surface area (Å²) in [4.78, 5) is 26.8. The first-order chi connectivity index (χ1) is 14.1. The molecule has 2 fully saturated rings. The maximum Gasteiger partial charge on any atom is 0.408 e. The number of nitrogen functional groups attached to an aromatic ring is 1. The molecule has 1 aromatic rings. The highest BCUT2D eigenvalue weighted by Crippen LogP contribution is 2.31. The van der Waals surface area contributed by atoms with Crippen LogP contribution in [0, 0.1) is 5.82 Å². The fourth-order valence-corrected chi connectivity index (χ4v) is 3.51. The van der Waals surface area contributed by atoms with E-state index in [9.17, 15) is 14.0 Å². The number of nitrogens with two attached hydrogens (primary N) is 1. The van der Waals surface area contributed by atoms with Gasteiger partial charge in [-0.1, -0.05) is 0 Å². The lowest BCUT2D eigenvalue weighted by atomic mass is 10.0. The van der Waals surface area contributed by atoms with Gasteiger partial charge in [0.1, 0.15) is 11.4 Å². The minimum absolute atomic E-state index is 0.179. The van der Waals surface area contributed by atoms with Crippen LogP contribution in [0.15, 0.2) is 12.1 Å². The third kappa shape index (κ3) is 5.53. The number of nitrogens with zero attached hydrogens (tertiary/aromatic N) is 1. The van der Waals surface area contributed by atoms with E-state index in [-0.39, 0.29) is 41.5 Å². The summed E-state index contributed by atoms with van der Waals surface area (Å²) in [7, 11) is 1.56. The Morgan fingerprint density at radius 3 is 2.50 bits per heavy atom. The molecule has 4 N–H and O–H groups in total. The largest absolute Gasteiger partial charge is 0.444 e. The quantitative estimate of drug-likeness (QED) is 0.630. The molecule has 9 heteroatoms. The standard InChI is InChI=1S/C21H31FN4O4/c1-21(2,3)30-20(28)25-16-11-26(8-7-17(16)29-4)19(27)12-9-14(22)18(15(23)10-12)24-13-5-6-13/h9-10,13,16-17,24H,5-8,11,23H2,1-4H3,(H,25,28). The summed E-state index contributed by atoms with van der Waals surface area (Å²) in [5, 5.41) is 5.84. The van der Waals surface area contributed by atoms with E-state index in [4.69, 9.17) is 15.2 Å². The van der Waals surface area contributed by atoms with Crippen LogP contribution in [0.25, 0.3) is 0 Å². The number of carbonyl (C=O) groups is 2. The molecule has 8 nitrogen and oxygen atoms in total.